The number of nitrogens with one attached hydrogen (secondary N) is 2. The Balaban J connectivity index is 2.01. The molecular formula is C24H41N3O3. The van der Waals surface area contributed by atoms with Crippen molar-refractivity contribution in [3.8, 4) is 0 Å². The summed E-state index contributed by atoms with van der Waals surface area (Å²) >= 11 is 0. The molecule has 0 aliphatic heterocycles. The van der Waals surface area contributed by atoms with Gasteiger partial charge in [-0.05, 0) is 12.0 Å². The first-order valence-corrected chi connectivity index (χ1v) is 11.8. The number of benzene rings is 1. The van der Waals surface area contributed by atoms with Crippen molar-refractivity contribution in [3.63, 3.8) is 0 Å². The van der Waals surface area contributed by atoms with Gasteiger partial charge < -0.3 is 0 Å². The second-order valence-corrected chi connectivity index (χ2v) is 8.16. The molecule has 0 aliphatic carbocycles. The van der Waals surface area contributed by atoms with Gasteiger partial charge >= 0.3 is 0 Å². The van der Waals surface area contributed by atoms with E-state index in [1.54, 1.807) is 0 Å². The topological polar surface area (TPSA) is 84.3 Å². The van der Waals surface area contributed by atoms with E-state index in [1.807, 2.05) is 30.3 Å². The molecule has 0 heterocycles. The zero-order valence-electron chi connectivity index (χ0n) is 18.7. The molecule has 0 bridgehead atoms. The minimum absolute atomic E-state index is 0.109. The maximum atomic E-state index is 12.0. The van der Waals surface area contributed by atoms with Crippen LogP contribution in [0.4, 0.5) is 0 Å². The number of hydrogen-bond acceptors (Lipinski definition) is 4. The minimum atomic E-state index is -0.531. The van der Waals surface area contributed by atoms with Gasteiger partial charge in [0.25, 0.3) is 0 Å². The van der Waals surface area contributed by atoms with E-state index in [0.717, 1.165) is 18.4 Å². The monoisotopic (exact) mass is 419 g/mol. The lowest BCUT2D eigenvalue weighted by atomic mass is 10.0. The SMILES string of the molecule is CCCCCCCCCCCCCCCC(=O)NNC(C[N+](=O)[O-])c1ccccc1. The van der Waals surface area contributed by atoms with Gasteiger partial charge in [0.1, 0.15) is 6.04 Å². The molecule has 0 radical (unpaired) electrons. The van der Waals surface area contributed by atoms with Crippen LogP contribution in [0.5, 0.6) is 0 Å². The molecule has 1 unspecified atom stereocenters. The summed E-state index contributed by atoms with van der Waals surface area (Å²) in [5.74, 6) is -0.109. The third-order valence-corrected chi connectivity index (χ3v) is 5.43. The summed E-state index contributed by atoms with van der Waals surface area (Å²) < 4.78 is 0. The Morgan fingerprint density at radius 2 is 1.37 bits per heavy atom. The number of hydrogen-bond donors (Lipinski definition) is 2. The standard InChI is InChI=1S/C24H41N3O3/c1-2-3-4-5-6-7-8-9-10-11-12-13-17-20-24(28)26-25-23(21-27(29)30)22-18-15-14-16-19-22/h14-16,18-19,23,25H,2-13,17,20-21H2,1H3,(H,26,28). The average Bonchev–Trinajstić information content (AvgIpc) is 2.74. The summed E-state index contributed by atoms with van der Waals surface area (Å²) in [5.41, 5.74) is 6.25. The lowest BCUT2D eigenvalue weighted by molar-refractivity contribution is -0.484. The molecule has 170 valence electrons. The second-order valence-electron chi connectivity index (χ2n) is 8.16. The van der Waals surface area contributed by atoms with Crippen LogP contribution in [0.3, 0.4) is 0 Å². The summed E-state index contributed by atoms with van der Waals surface area (Å²) in [6.07, 6.45) is 17.0. The second kappa shape index (κ2) is 17.9. The Morgan fingerprint density at radius 3 is 1.87 bits per heavy atom. The van der Waals surface area contributed by atoms with Crippen molar-refractivity contribution in [1.82, 2.24) is 10.9 Å². The van der Waals surface area contributed by atoms with E-state index in [-0.39, 0.29) is 17.4 Å². The number of carbonyl (C=O) groups excluding carboxylic acids is 1. The smallest absolute Gasteiger partial charge is 0.234 e. The maximum absolute atomic E-state index is 12.0. The highest BCUT2D eigenvalue weighted by Crippen LogP contribution is 2.14. The van der Waals surface area contributed by atoms with Gasteiger partial charge in [-0.25, -0.2) is 5.43 Å². The molecule has 6 nitrogen and oxygen atoms in total. The van der Waals surface area contributed by atoms with Crippen molar-refractivity contribution in [1.29, 1.82) is 0 Å². The molecule has 1 aromatic rings. The number of nitro groups is 1. The summed E-state index contributed by atoms with van der Waals surface area (Å²) in [4.78, 5) is 22.5. The average molecular weight is 420 g/mol. The Labute approximate surface area is 182 Å². The zero-order chi connectivity index (χ0) is 21.9. The molecule has 0 fully saturated rings. The maximum Gasteiger partial charge on any atom is 0.234 e. The molecule has 1 atom stereocenters. The van der Waals surface area contributed by atoms with Gasteiger partial charge in [0.2, 0.25) is 12.5 Å². The van der Waals surface area contributed by atoms with Gasteiger partial charge in [0.15, 0.2) is 0 Å². The third-order valence-electron chi connectivity index (χ3n) is 5.43. The number of amides is 1. The largest absolute Gasteiger partial charge is 0.291 e. The van der Waals surface area contributed by atoms with E-state index in [9.17, 15) is 14.9 Å². The Morgan fingerprint density at radius 1 is 0.867 bits per heavy atom. The van der Waals surface area contributed by atoms with Gasteiger partial charge in [0, 0.05) is 11.3 Å². The van der Waals surface area contributed by atoms with E-state index < -0.39 is 6.04 Å². The van der Waals surface area contributed by atoms with Crippen LogP contribution in [0, 0.1) is 10.1 Å². The van der Waals surface area contributed by atoms with Crippen LogP contribution in [0.15, 0.2) is 30.3 Å². The fraction of sp³-hybridized carbons (Fsp3) is 0.708. The Bertz CT molecular complexity index is 566. The molecule has 30 heavy (non-hydrogen) atoms. The first-order chi connectivity index (χ1) is 14.6. The van der Waals surface area contributed by atoms with Gasteiger partial charge in [-0.1, -0.05) is 114 Å². The van der Waals surface area contributed by atoms with Gasteiger partial charge in [-0.3, -0.25) is 20.3 Å². The van der Waals surface area contributed by atoms with E-state index in [2.05, 4.69) is 17.8 Å². The normalized spacial score (nSPS) is 11.9. The highest BCUT2D eigenvalue weighted by atomic mass is 16.6. The molecule has 0 saturated carbocycles. The fourth-order valence-electron chi connectivity index (χ4n) is 3.60. The Kier molecular flexibility index (Phi) is 15.5. The lowest BCUT2D eigenvalue weighted by Gasteiger charge is -2.16. The van der Waals surface area contributed by atoms with Gasteiger partial charge in [-0.2, -0.15) is 0 Å². The van der Waals surface area contributed by atoms with Crippen LogP contribution in [-0.4, -0.2) is 17.4 Å². The van der Waals surface area contributed by atoms with E-state index in [4.69, 9.17) is 0 Å². The van der Waals surface area contributed by atoms with Crippen molar-refractivity contribution in [2.75, 3.05) is 6.54 Å². The van der Waals surface area contributed by atoms with Crippen molar-refractivity contribution >= 4 is 5.91 Å². The molecule has 1 amide bonds. The molecule has 6 heteroatoms. The van der Waals surface area contributed by atoms with Crippen molar-refractivity contribution in [2.45, 2.75) is 103 Å². The highest BCUT2D eigenvalue weighted by Gasteiger charge is 2.17. The molecule has 1 rings (SSSR count). The van der Waals surface area contributed by atoms with Crippen LogP contribution in [-0.2, 0) is 4.79 Å². The molecule has 0 saturated heterocycles. The number of carbonyl (C=O) groups is 1. The summed E-state index contributed by atoms with van der Waals surface area (Å²) in [6, 6.07) is 8.63. The van der Waals surface area contributed by atoms with E-state index in [0.29, 0.717) is 6.42 Å². The summed E-state index contributed by atoms with van der Waals surface area (Å²) in [7, 11) is 0. The fourth-order valence-corrected chi connectivity index (χ4v) is 3.60. The van der Waals surface area contributed by atoms with Gasteiger partial charge in [0.05, 0.1) is 0 Å². The van der Waals surface area contributed by atoms with Crippen molar-refractivity contribution in [3.05, 3.63) is 46.0 Å². The summed E-state index contributed by atoms with van der Waals surface area (Å²) in [5, 5.41) is 10.9. The molecular weight excluding hydrogens is 378 g/mol. The summed E-state index contributed by atoms with van der Waals surface area (Å²) in [6.45, 7) is 1.98. The molecule has 0 spiro atoms. The quantitative estimate of drug-likeness (QED) is 0.161. The van der Waals surface area contributed by atoms with E-state index in [1.165, 1.54) is 70.6 Å². The number of nitrogens with zero attached hydrogens (tertiary/aromatic N) is 1. The van der Waals surface area contributed by atoms with Crippen molar-refractivity contribution in [2.24, 2.45) is 0 Å². The predicted octanol–water partition coefficient (Wildman–Crippen LogP) is 6.11. The third kappa shape index (κ3) is 14.1. The minimum Gasteiger partial charge on any atom is -0.291 e. The van der Waals surface area contributed by atoms with Crippen LogP contribution in [0.2, 0.25) is 0 Å². The number of hydrazine groups is 1. The molecule has 0 aromatic heterocycles. The first-order valence-electron chi connectivity index (χ1n) is 11.8. The van der Waals surface area contributed by atoms with Crippen LogP contribution < -0.4 is 10.9 Å². The van der Waals surface area contributed by atoms with Crippen LogP contribution >= 0.6 is 0 Å². The first kappa shape index (κ1) is 26.1. The predicted molar refractivity (Wildman–Crippen MR) is 123 cm³/mol. The molecule has 2 N–H and O–H groups in total. The van der Waals surface area contributed by atoms with E-state index >= 15 is 0 Å². The van der Waals surface area contributed by atoms with Crippen LogP contribution in [0.1, 0.15) is 108 Å². The molecule has 0 aliphatic rings. The van der Waals surface area contributed by atoms with Gasteiger partial charge in [-0.15, -0.1) is 0 Å². The highest BCUT2D eigenvalue weighted by molar-refractivity contribution is 5.75. The Hall–Kier alpha value is -1.95. The lowest BCUT2D eigenvalue weighted by Crippen LogP contribution is -2.42. The zero-order valence-corrected chi connectivity index (χ0v) is 18.7. The number of rotatable bonds is 19. The molecule has 1 aromatic carbocycles. The van der Waals surface area contributed by atoms with Crippen molar-refractivity contribution < 1.29 is 9.72 Å². The van der Waals surface area contributed by atoms with Crippen LogP contribution in [0.25, 0.3) is 0 Å². The number of unbranched alkanes of at least 4 members (excludes halogenated alkanes) is 12.